The van der Waals surface area contributed by atoms with Gasteiger partial charge in [0.05, 0.1) is 5.52 Å². The van der Waals surface area contributed by atoms with Gasteiger partial charge in [-0.05, 0) is 25.5 Å². The van der Waals surface area contributed by atoms with Crippen LogP contribution in [0.3, 0.4) is 0 Å². The first-order valence-electron chi connectivity index (χ1n) is 7.74. The minimum Gasteiger partial charge on any atom is -0.469 e. The van der Waals surface area contributed by atoms with Crippen molar-refractivity contribution >= 4 is 22.5 Å². The summed E-state index contributed by atoms with van der Waals surface area (Å²) in [6.45, 7) is 5.67. The molecule has 24 heavy (non-hydrogen) atoms. The molecule has 2 heterocycles. The second-order valence-electron chi connectivity index (χ2n) is 5.79. The quantitative estimate of drug-likeness (QED) is 0.800. The smallest absolute Gasteiger partial charge is 0.221 e. The lowest BCUT2D eigenvalue weighted by atomic mass is 10.1. The van der Waals surface area contributed by atoms with Gasteiger partial charge in [-0.25, -0.2) is 9.97 Å². The maximum atomic E-state index is 11.6. The zero-order chi connectivity index (χ0) is 17.3. The second-order valence-corrected chi connectivity index (χ2v) is 5.79. The zero-order valence-corrected chi connectivity index (χ0v) is 14.3. The number of carbonyl (C=O) groups is 1. The fraction of sp³-hybridized carbons (Fsp3) is 0.278. The second kappa shape index (κ2) is 6.31. The molecule has 0 aliphatic heterocycles. The van der Waals surface area contributed by atoms with Crippen molar-refractivity contribution in [3.63, 3.8) is 0 Å². The van der Waals surface area contributed by atoms with Gasteiger partial charge in [0.25, 0.3) is 0 Å². The molecule has 0 fully saturated rings. The standard InChI is InChI=1S/C18H20N4O2/c1-11-6-5-7-14-16(21-13(3)23)18(22(4)17(11)14)24-10-15-19-9-8-12(2)20-15/h5-9H,10H2,1-4H3,(H,21,23). The summed E-state index contributed by atoms with van der Waals surface area (Å²) in [5.41, 5.74) is 3.71. The Bertz CT molecular complexity index is 915. The molecular weight excluding hydrogens is 304 g/mol. The highest BCUT2D eigenvalue weighted by molar-refractivity contribution is 6.05. The molecule has 1 aromatic carbocycles. The highest BCUT2D eigenvalue weighted by Crippen LogP contribution is 2.38. The lowest BCUT2D eigenvalue weighted by molar-refractivity contribution is -0.114. The molecule has 124 valence electrons. The van der Waals surface area contributed by atoms with E-state index in [1.807, 2.05) is 49.7 Å². The van der Waals surface area contributed by atoms with Crippen LogP contribution in [0.1, 0.15) is 24.0 Å². The molecule has 0 atom stereocenters. The number of carbonyl (C=O) groups excluding carboxylic acids is 1. The maximum Gasteiger partial charge on any atom is 0.221 e. The van der Waals surface area contributed by atoms with E-state index in [-0.39, 0.29) is 12.5 Å². The molecule has 6 nitrogen and oxygen atoms in total. The Morgan fingerprint density at radius 1 is 1.29 bits per heavy atom. The van der Waals surface area contributed by atoms with Crippen LogP contribution in [0.4, 0.5) is 5.69 Å². The van der Waals surface area contributed by atoms with Crippen LogP contribution in [0, 0.1) is 13.8 Å². The third kappa shape index (κ3) is 2.95. The van der Waals surface area contributed by atoms with Crippen LogP contribution in [0.25, 0.3) is 10.9 Å². The van der Waals surface area contributed by atoms with Crippen molar-refractivity contribution in [2.24, 2.45) is 7.05 Å². The van der Waals surface area contributed by atoms with Gasteiger partial charge in [0, 0.05) is 31.2 Å². The molecule has 0 aliphatic carbocycles. The van der Waals surface area contributed by atoms with Crippen molar-refractivity contribution in [1.82, 2.24) is 14.5 Å². The average Bonchev–Trinajstić information content (AvgIpc) is 2.78. The van der Waals surface area contributed by atoms with Crippen LogP contribution in [0.2, 0.25) is 0 Å². The summed E-state index contributed by atoms with van der Waals surface area (Å²) in [6, 6.07) is 7.82. The number of hydrogen-bond donors (Lipinski definition) is 1. The van der Waals surface area contributed by atoms with Crippen LogP contribution in [0.5, 0.6) is 5.88 Å². The fourth-order valence-electron chi connectivity index (χ4n) is 2.86. The first-order valence-corrected chi connectivity index (χ1v) is 7.74. The molecule has 0 saturated heterocycles. The number of amides is 1. The van der Waals surface area contributed by atoms with Gasteiger partial charge >= 0.3 is 0 Å². The Morgan fingerprint density at radius 2 is 2.08 bits per heavy atom. The summed E-state index contributed by atoms with van der Waals surface area (Å²) >= 11 is 0. The van der Waals surface area contributed by atoms with Crippen LogP contribution >= 0.6 is 0 Å². The highest BCUT2D eigenvalue weighted by atomic mass is 16.5. The number of hydrogen-bond acceptors (Lipinski definition) is 4. The van der Waals surface area contributed by atoms with Gasteiger partial charge in [-0.2, -0.15) is 0 Å². The van der Waals surface area contributed by atoms with E-state index in [0.29, 0.717) is 17.4 Å². The maximum absolute atomic E-state index is 11.6. The van der Waals surface area contributed by atoms with E-state index in [4.69, 9.17) is 4.74 Å². The topological polar surface area (TPSA) is 69.0 Å². The van der Waals surface area contributed by atoms with E-state index in [1.165, 1.54) is 6.92 Å². The lowest BCUT2D eigenvalue weighted by Gasteiger charge is -2.10. The van der Waals surface area contributed by atoms with Gasteiger partial charge in [0.2, 0.25) is 11.8 Å². The molecule has 0 bridgehead atoms. The van der Waals surface area contributed by atoms with Crippen molar-refractivity contribution < 1.29 is 9.53 Å². The van der Waals surface area contributed by atoms with Crippen molar-refractivity contribution in [2.75, 3.05) is 5.32 Å². The minimum atomic E-state index is -0.138. The van der Waals surface area contributed by atoms with E-state index in [1.54, 1.807) is 6.20 Å². The number of aromatic nitrogens is 3. The van der Waals surface area contributed by atoms with Gasteiger partial charge in [-0.15, -0.1) is 0 Å². The number of nitrogens with one attached hydrogen (secondary N) is 1. The molecule has 0 unspecified atom stereocenters. The number of aryl methyl sites for hydroxylation is 3. The average molecular weight is 324 g/mol. The first kappa shape index (κ1) is 16.0. The Balaban J connectivity index is 2.03. The molecule has 1 N–H and O–H groups in total. The summed E-state index contributed by atoms with van der Waals surface area (Å²) in [5.74, 6) is 1.06. The highest BCUT2D eigenvalue weighted by Gasteiger charge is 2.19. The normalized spacial score (nSPS) is 10.8. The van der Waals surface area contributed by atoms with Crippen molar-refractivity contribution in [1.29, 1.82) is 0 Å². The molecule has 3 aromatic rings. The number of nitrogens with zero attached hydrogens (tertiary/aromatic N) is 3. The van der Waals surface area contributed by atoms with Crippen LogP contribution in [0.15, 0.2) is 30.5 Å². The van der Waals surface area contributed by atoms with Gasteiger partial charge in [0.1, 0.15) is 12.3 Å². The largest absolute Gasteiger partial charge is 0.469 e. The third-order valence-corrected chi connectivity index (χ3v) is 3.84. The number of anilines is 1. The summed E-state index contributed by atoms with van der Waals surface area (Å²) in [4.78, 5) is 20.2. The number of ether oxygens (including phenoxy) is 1. The Morgan fingerprint density at radius 3 is 2.79 bits per heavy atom. The molecule has 2 aromatic heterocycles. The molecule has 6 heteroatoms. The van der Waals surface area contributed by atoms with Gasteiger partial charge < -0.3 is 14.6 Å². The minimum absolute atomic E-state index is 0.138. The Kier molecular flexibility index (Phi) is 4.20. The first-order chi connectivity index (χ1) is 11.5. The third-order valence-electron chi connectivity index (χ3n) is 3.84. The monoisotopic (exact) mass is 324 g/mol. The summed E-state index contributed by atoms with van der Waals surface area (Å²) < 4.78 is 7.92. The van der Waals surface area contributed by atoms with Crippen LogP contribution < -0.4 is 10.1 Å². The van der Waals surface area contributed by atoms with Crippen LogP contribution in [-0.2, 0) is 18.4 Å². The SMILES string of the molecule is CC(=O)Nc1c(OCc2nccc(C)n2)n(C)c2c(C)cccc12. The van der Waals surface area contributed by atoms with Gasteiger partial charge in [-0.3, -0.25) is 4.79 Å². The molecule has 3 rings (SSSR count). The van der Waals surface area contributed by atoms with E-state index in [9.17, 15) is 4.79 Å². The van der Waals surface area contributed by atoms with Crippen molar-refractivity contribution in [2.45, 2.75) is 27.4 Å². The number of rotatable bonds is 4. The van der Waals surface area contributed by atoms with Crippen molar-refractivity contribution in [3.8, 4) is 5.88 Å². The van der Waals surface area contributed by atoms with Crippen molar-refractivity contribution in [3.05, 3.63) is 47.5 Å². The molecule has 0 aliphatic rings. The Hall–Kier alpha value is -2.89. The molecular formula is C18H20N4O2. The molecule has 0 saturated carbocycles. The van der Waals surface area contributed by atoms with E-state index < -0.39 is 0 Å². The van der Waals surface area contributed by atoms with Gasteiger partial charge in [0.15, 0.2) is 5.82 Å². The lowest BCUT2D eigenvalue weighted by Crippen LogP contribution is -2.09. The molecule has 0 radical (unpaired) electrons. The predicted molar refractivity (Wildman–Crippen MR) is 93.1 cm³/mol. The summed E-state index contributed by atoms with van der Waals surface area (Å²) in [5, 5.41) is 3.84. The number of fused-ring (bicyclic) bond motifs is 1. The summed E-state index contributed by atoms with van der Waals surface area (Å²) in [7, 11) is 1.92. The summed E-state index contributed by atoms with van der Waals surface area (Å²) in [6.07, 6.45) is 1.71. The van der Waals surface area contributed by atoms with Gasteiger partial charge in [-0.1, -0.05) is 18.2 Å². The molecule has 0 spiro atoms. The Labute approximate surface area is 140 Å². The molecule has 1 amide bonds. The van der Waals surface area contributed by atoms with Crippen LogP contribution in [-0.4, -0.2) is 20.4 Å². The van der Waals surface area contributed by atoms with E-state index >= 15 is 0 Å². The predicted octanol–water partition coefficient (Wildman–Crippen LogP) is 3.12. The fourth-order valence-corrected chi connectivity index (χ4v) is 2.86. The number of para-hydroxylation sites is 1. The van der Waals surface area contributed by atoms with E-state index in [0.717, 1.165) is 22.2 Å². The number of benzene rings is 1. The zero-order valence-electron chi connectivity index (χ0n) is 14.3. The van der Waals surface area contributed by atoms with E-state index in [2.05, 4.69) is 15.3 Å².